The van der Waals surface area contributed by atoms with Gasteiger partial charge in [-0.05, 0) is 42.3 Å². The molecule has 2 atom stereocenters. The second kappa shape index (κ2) is 8.61. The van der Waals surface area contributed by atoms with E-state index in [-0.39, 0.29) is 24.9 Å². The Balaban J connectivity index is 1.76. The van der Waals surface area contributed by atoms with Crippen molar-refractivity contribution in [1.29, 1.82) is 0 Å². The van der Waals surface area contributed by atoms with Crippen molar-refractivity contribution in [2.75, 3.05) is 24.1 Å². The number of carbonyl (C=O) groups is 1. The number of amides is 1. The molecule has 1 aliphatic heterocycles. The molecule has 0 aliphatic carbocycles. The minimum atomic E-state index is -3.37. The number of hydrogen-bond donors (Lipinski definition) is 2. The van der Waals surface area contributed by atoms with Crippen molar-refractivity contribution < 1.29 is 27.4 Å². The zero-order valence-corrected chi connectivity index (χ0v) is 17.7. The molecule has 0 spiro atoms. The van der Waals surface area contributed by atoms with Crippen molar-refractivity contribution in [2.24, 2.45) is 0 Å². The largest absolute Gasteiger partial charge is 0.438 e. The lowest BCUT2D eigenvalue weighted by Gasteiger charge is -2.43. The third-order valence-electron chi connectivity index (χ3n) is 5.32. The van der Waals surface area contributed by atoms with Crippen LogP contribution in [0.1, 0.15) is 36.9 Å². The molecule has 9 heteroatoms. The summed E-state index contributed by atoms with van der Waals surface area (Å²) in [5.74, 6) is -0.385. The smallest absolute Gasteiger partial charge is 0.411 e. The number of ether oxygens (including phenoxy) is 1. The molecule has 0 bridgehead atoms. The van der Waals surface area contributed by atoms with Gasteiger partial charge >= 0.3 is 6.09 Å². The monoisotopic (exact) mass is 436 g/mol. The van der Waals surface area contributed by atoms with Crippen LogP contribution < -0.4 is 4.72 Å². The number of rotatable bonds is 7. The second-order valence-electron chi connectivity index (χ2n) is 7.46. The minimum absolute atomic E-state index is 0.172. The normalized spacial score (nSPS) is 20.5. The molecule has 1 aliphatic rings. The number of halogens is 1. The summed E-state index contributed by atoms with van der Waals surface area (Å²) >= 11 is 0. The number of nitrogens with zero attached hydrogens (tertiary/aromatic N) is 1. The van der Waals surface area contributed by atoms with E-state index in [1.807, 2.05) is 6.92 Å². The molecule has 3 rings (SSSR count). The molecule has 0 aromatic heterocycles. The summed E-state index contributed by atoms with van der Waals surface area (Å²) < 4.78 is 44.2. The van der Waals surface area contributed by atoms with Crippen molar-refractivity contribution in [3.05, 3.63) is 65.5 Å². The number of anilines is 1. The number of aliphatic hydroxyl groups excluding tert-OH is 1. The molecule has 1 fully saturated rings. The average Bonchev–Trinajstić information content (AvgIpc) is 2.68. The van der Waals surface area contributed by atoms with Crippen LogP contribution >= 0.6 is 0 Å². The van der Waals surface area contributed by atoms with Crippen LogP contribution in [0.4, 0.5) is 14.9 Å². The quantitative estimate of drug-likeness (QED) is 0.694. The van der Waals surface area contributed by atoms with Gasteiger partial charge in [0.1, 0.15) is 11.4 Å². The van der Waals surface area contributed by atoms with E-state index in [0.717, 1.165) is 11.8 Å². The molecule has 2 N–H and O–H groups in total. The lowest BCUT2D eigenvalue weighted by Crippen LogP contribution is -2.49. The summed E-state index contributed by atoms with van der Waals surface area (Å²) in [6.07, 6.45) is 1.22. The van der Waals surface area contributed by atoms with Gasteiger partial charge in [0.25, 0.3) is 0 Å². The van der Waals surface area contributed by atoms with Crippen molar-refractivity contribution in [1.82, 2.24) is 4.90 Å². The van der Waals surface area contributed by atoms with Crippen molar-refractivity contribution in [3.8, 4) is 0 Å². The minimum Gasteiger partial charge on any atom is -0.438 e. The molecule has 2 aromatic rings. The number of carbonyl (C=O) groups excluding carboxylic acids is 1. The fraction of sp³-hybridized carbons (Fsp3) is 0.381. The molecule has 7 nitrogen and oxygen atoms in total. The van der Waals surface area contributed by atoms with E-state index in [1.165, 1.54) is 12.1 Å². The third kappa shape index (κ3) is 4.91. The highest BCUT2D eigenvalue weighted by Gasteiger charge is 2.43. The Labute approximate surface area is 175 Å². The van der Waals surface area contributed by atoms with Crippen LogP contribution in [-0.2, 0) is 20.4 Å². The summed E-state index contributed by atoms with van der Waals surface area (Å²) in [6.45, 7) is 2.08. The summed E-state index contributed by atoms with van der Waals surface area (Å²) in [6, 6.07) is 12.2. The Morgan fingerprint density at radius 3 is 2.37 bits per heavy atom. The number of nitrogens with one attached hydrogen (secondary N) is 1. The zero-order chi connectivity index (χ0) is 21.9. The SMILES string of the molecule is CC(c1ccc(NS(C)(=O)=O)cc1)N1CCC(CCO)(c2ccc(F)cc2)OC1=O. The predicted molar refractivity (Wildman–Crippen MR) is 111 cm³/mol. The van der Waals surface area contributed by atoms with Gasteiger partial charge in [0.05, 0.1) is 12.3 Å². The molecular weight excluding hydrogens is 411 g/mol. The van der Waals surface area contributed by atoms with E-state index in [4.69, 9.17) is 4.74 Å². The Hall–Kier alpha value is -2.65. The van der Waals surface area contributed by atoms with Gasteiger partial charge < -0.3 is 14.7 Å². The summed E-state index contributed by atoms with van der Waals surface area (Å²) in [7, 11) is -3.37. The van der Waals surface area contributed by atoms with Crippen LogP contribution in [0.15, 0.2) is 48.5 Å². The number of sulfonamides is 1. The van der Waals surface area contributed by atoms with Crippen LogP contribution in [0, 0.1) is 5.82 Å². The first-order chi connectivity index (χ1) is 14.1. The molecule has 0 saturated carbocycles. The number of hydrogen-bond acceptors (Lipinski definition) is 5. The standard InChI is InChI=1S/C21H25FN2O5S/c1-15(16-3-9-19(10-4-16)23-30(2,27)28)24-13-11-21(12-14-25,29-20(24)26)17-5-7-18(22)8-6-17/h3-10,15,23,25H,11-14H2,1-2H3. The van der Waals surface area contributed by atoms with Crippen molar-refractivity contribution in [2.45, 2.75) is 31.4 Å². The Kier molecular flexibility index (Phi) is 6.33. The maximum absolute atomic E-state index is 13.3. The lowest BCUT2D eigenvalue weighted by atomic mass is 9.85. The van der Waals surface area contributed by atoms with Crippen LogP contribution in [0.5, 0.6) is 0 Å². The fourth-order valence-corrected chi connectivity index (χ4v) is 4.27. The molecule has 1 amide bonds. The Morgan fingerprint density at radius 1 is 1.20 bits per heavy atom. The van der Waals surface area contributed by atoms with E-state index >= 15 is 0 Å². The van der Waals surface area contributed by atoms with Crippen LogP contribution in [-0.4, -0.2) is 43.9 Å². The van der Waals surface area contributed by atoms with E-state index in [9.17, 15) is 22.7 Å². The van der Waals surface area contributed by atoms with Gasteiger partial charge in [-0.15, -0.1) is 0 Å². The lowest BCUT2D eigenvalue weighted by molar-refractivity contribution is -0.0718. The van der Waals surface area contributed by atoms with E-state index in [1.54, 1.807) is 41.3 Å². The molecular formula is C21H25FN2O5S. The van der Waals surface area contributed by atoms with Crippen LogP contribution in [0.25, 0.3) is 0 Å². The van der Waals surface area contributed by atoms with Crippen molar-refractivity contribution >= 4 is 21.8 Å². The molecule has 2 unspecified atom stereocenters. The van der Waals surface area contributed by atoms with Gasteiger partial charge in [-0.1, -0.05) is 24.3 Å². The molecule has 1 heterocycles. The first-order valence-corrected chi connectivity index (χ1v) is 11.5. The van der Waals surface area contributed by atoms with E-state index < -0.39 is 21.7 Å². The average molecular weight is 437 g/mol. The third-order valence-corrected chi connectivity index (χ3v) is 5.93. The fourth-order valence-electron chi connectivity index (χ4n) is 3.70. The predicted octanol–water partition coefficient (Wildman–Crippen LogP) is 3.38. The number of cyclic esters (lactones) is 1. The molecule has 2 aromatic carbocycles. The number of benzene rings is 2. The maximum Gasteiger partial charge on any atom is 0.411 e. The number of aliphatic hydroxyl groups is 1. The van der Waals surface area contributed by atoms with Gasteiger partial charge in [-0.25, -0.2) is 17.6 Å². The Morgan fingerprint density at radius 2 is 1.83 bits per heavy atom. The Bertz CT molecular complexity index is 995. The maximum atomic E-state index is 13.3. The van der Waals surface area contributed by atoms with Crippen molar-refractivity contribution in [3.63, 3.8) is 0 Å². The molecule has 1 saturated heterocycles. The molecule has 30 heavy (non-hydrogen) atoms. The van der Waals surface area contributed by atoms with Gasteiger partial charge in [-0.2, -0.15) is 0 Å². The summed E-state index contributed by atoms with van der Waals surface area (Å²) in [5.41, 5.74) is 0.907. The van der Waals surface area contributed by atoms with E-state index in [0.29, 0.717) is 24.2 Å². The van der Waals surface area contributed by atoms with E-state index in [2.05, 4.69) is 4.72 Å². The van der Waals surface area contributed by atoms with Gasteiger partial charge in [0, 0.05) is 31.7 Å². The first kappa shape index (κ1) is 22.0. The van der Waals surface area contributed by atoms with Gasteiger partial charge in [0.2, 0.25) is 10.0 Å². The highest BCUT2D eigenvalue weighted by Crippen LogP contribution is 2.39. The topological polar surface area (TPSA) is 95.9 Å². The summed E-state index contributed by atoms with van der Waals surface area (Å²) in [4.78, 5) is 14.4. The second-order valence-corrected chi connectivity index (χ2v) is 9.21. The molecule has 0 radical (unpaired) electrons. The van der Waals surface area contributed by atoms with Gasteiger partial charge in [-0.3, -0.25) is 4.72 Å². The molecule has 162 valence electrons. The van der Waals surface area contributed by atoms with Crippen LogP contribution in [0.3, 0.4) is 0 Å². The van der Waals surface area contributed by atoms with Gasteiger partial charge in [0.15, 0.2) is 0 Å². The first-order valence-electron chi connectivity index (χ1n) is 9.58. The zero-order valence-electron chi connectivity index (χ0n) is 16.8. The van der Waals surface area contributed by atoms with Crippen LogP contribution in [0.2, 0.25) is 0 Å². The highest BCUT2D eigenvalue weighted by molar-refractivity contribution is 7.92. The highest BCUT2D eigenvalue weighted by atomic mass is 32.2. The summed E-state index contributed by atoms with van der Waals surface area (Å²) in [5, 5.41) is 9.52.